The zero-order valence-corrected chi connectivity index (χ0v) is 13.3. The van der Waals surface area contributed by atoms with Crippen LogP contribution in [0.25, 0.3) is 0 Å². The van der Waals surface area contributed by atoms with Gasteiger partial charge < -0.3 is 15.0 Å². The Labute approximate surface area is 120 Å². The fraction of sp³-hybridized carbons (Fsp3) is 0.733. The Morgan fingerprint density at radius 2 is 1.90 bits per heavy atom. The van der Waals surface area contributed by atoms with Crippen LogP contribution in [0, 0.1) is 16.7 Å². The van der Waals surface area contributed by atoms with E-state index in [4.69, 9.17) is 10.5 Å². The lowest BCUT2D eigenvalue weighted by Gasteiger charge is -2.10. The Hall–Kier alpha value is -1.52. The van der Waals surface area contributed by atoms with E-state index in [9.17, 15) is 4.79 Å². The number of esters is 1. The van der Waals surface area contributed by atoms with E-state index in [1.54, 1.807) is 0 Å². The highest BCUT2D eigenvalue weighted by Crippen LogP contribution is 2.69. The highest BCUT2D eigenvalue weighted by Gasteiger charge is 2.64. The number of nitrogen functional groups attached to an aromatic ring is 1. The smallest absolute Gasteiger partial charge is 0.360 e. The normalized spacial score (nSPS) is 19.9. The van der Waals surface area contributed by atoms with Gasteiger partial charge in [0.25, 0.3) is 0 Å². The summed E-state index contributed by atoms with van der Waals surface area (Å²) in [6.45, 7) is 11.9. The van der Waals surface area contributed by atoms with E-state index in [0.29, 0.717) is 11.7 Å². The third-order valence-electron chi connectivity index (χ3n) is 5.47. The second-order valence-corrected chi connectivity index (χ2v) is 6.71. The number of ether oxygens (including phenoxy) is 1. The number of nitrogens with two attached hydrogens (primary N) is 1. The summed E-state index contributed by atoms with van der Waals surface area (Å²) < 4.78 is 6.72. The molecule has 0 spiro atoms. The van der Waals surface area contributed by atoms with Gasteiger partial charge in [0.05, 0.1) is 7.11 Å². The average Bonchev–Trinajstić information content (AvgIpc) is 2.67. The first-order chi connectivity index (χ1) is 9.18. The van der Waals surface area contributed by atoms with Crippen molar-refractivity contribution >= 4 is 11.8 Å². The molecule has 1 aromatic heterocycles. The van der Waals surface area contributed by atoms with Crippen LogP contribution in [0.2, 0.25) is 0 Å². The van der Waals surface area contributed by atoms with Crippen LogP contribution in [0.15, 0.2) is 0 Å². The zero-order chi connectivity index (χ0) is 15.3. The van der Waals surface area contributed by atoms with E-state index >= 15 is 0 Å². The van der Waals surface area contributed by atoms with Gasteiger partial charge in [-0.1, -0.05) is 34.6 Å². The van der Waals surface area contributed by atoms with Gasteiger partial charge in [-0.3, -0.25) is 0 Å². The van der Waals surface area contributed by atoms with Crippen molar-refractivity contribution in [2.75, 3.05) is 12.8 Å². The number of aromatic nitrogens is 2. The Balaban J connectivity index is 2.33. The third-order valence-corrected chi connectivity index (χ3v) is 5.47. The van der Waals surface area contributed by atoms with Crippen molar-refractivity contribution in [3.05, 3.63) is 11.5 Å². The second-order valence-electron chi connectivity index (χ2n) is 6.71. The van der Waals surface area contributed by atoms with Gasteiger partial charge in [0.2, 0.25) is 0 Å². The molecule has 0 amide bonds. The molecule has 0 bridgehead atoms. The van der Waals surface area contributed by atoms with Crippen LogP contribution in [0.5, 0.6) is 0 Å². The molecule has 0 radical (unpaired) electrons. The Morgan fingerprint density at radius 3 is 2.30 bits per heavy atom. The first kappa shape index (κ1) is 14.9. The van der Waals surface area contributed by atoms with Gasteiger partial charge in [-0.05, 0) is 16.7 Å². The minimum atomic E-state index is -0.467. The molecule has 2 rings (SSSR count). The van der Waals surface area contributed by atoms with Crippen LogP contribution in [0.4, 0.5) is 5.82 Å². The zero-order valence-electron chi connectivity index (χ0n) is 13.3. The summed E-state index contributed by atoms with van der Waals surface area (Å²) in [6.07, 6.45) is 0.745. The molecule has 20 heavy (non-hydrogen) atoms. The molecule has 0 unspecified atom stereocenters. The molecular weight excluding hydrogens is 254 g/mol. The van der Waals surface area contributed by atoms with Gasteiger partial charge in [-0.25, -0.2) is 9.78 Å². The molecule has 1 heterocycles. The molecular formula is C15H25N3O2. The summed E-state index contributed by atoms with van der Waals surface area (Å²) in [5.41, 5.74) is 6.90. The molecule has 0 atom stereocenters. The molecule has 112 valence electrons. The van der Waals surface area contributed by atoms with Crippen LogP contribution in [-0.4, -0.2) is 22.6 Å². The van der Waals surface area contributed by atoms with Crippen molar-refractivity contribution in [2.24, 2.45) is 16.7 Å². The number of methoxy groups -OCH3 is 1. The van der Waals surface area contributed by atoms with Gasteiger partial charge in [0.1, 0.15) is 11.6 Å². The number of aryl methyl sites for hydroxylation is 1. The van der Waals surface area contributed by atoms with Crippen LogP contribution in [0.3, 0.4) is 0 Å². The lowest BCUT2D eigenvalue weighted by molar-refractivity contribution is 0.0595. The predicted molar refractivity (Wildman–Crippen MR) is 78.4 cm³/mol. The summed E-state index contributed by atoms with van der Waals surface area (Å²) in [5.74, 6) is 1.33. The Morgan fingerprint density at radius 1 is 1.35 bits per heavy atom. The lowest BCUT2D eigenvalue weighted by atomic mass is 10.0. The fourth-order valence-corrected chi connectivity index (χ4v) is 3.21. The van der Waals surface area contributed by atoms with E-state index in [2.05, 4.69) is 32.7 Å². The highest BCUT2D eigenvalue weighted by molar-refractivity contribution is 5.92. The Kier molecular flexibility index (Phi) is 3.35. The number of carbonyl (C=O) groups is 1. The molecule has 1 aliphatic rings. The highest BCUT2D eigenvalue weighted by atomic mass is 16.5. The molecule has 1 fully saturated rings. The number of hydrogen-bond acceptors (Lipinski definition) is 4. The number of carbonyl (C=O) groups excluding carboxylic acids is 1. The molecule has 0 saturated heterocycles. The Bertz CT molecular complexity index is 530. The summed E-state index contributed by atoms with van der Waals surface area (Å²) in [6, 6.07) is 0. The second kappa shape index (κ2) is 4.50. The number of nitrogens with zero attached hydrogens (tertiary/aromatic N) is 2. The monoisotopic (exact) mass is 279 g/mol. The van der Waals surface area contributed by atoms with Gasteiger partial charge in [0, 0.05) is 13.0 Å². The van der Waals surface area contributed by atoms with Crippen molar-refractivity contribution in [1.82, 2.24) is 9.55 Å². The van der Waals surface area contributed by atoms with Gasteiger partial charge >= 0.3 is 5.97 Å². The first-order valence-electron chi connectivity index (χ1n) is 7.11. The minimum Gasteiger partial charge on any atom is -0.464 e. The number of rotatable bonds is 4. The molecule has 0 aromatic carbocycles. The van der Waals surface area contributed by atoms with Gasteiger partial charge in [-0.15, -0.1) is 0 Å². The van der Waals surface area contributed by atoms with E-state index in [0.717, 1.165) is 18.8 Å². The minimum absolute atomic E-state index is 0.237. The maximum atomic E-state index is 11.7. The number of anilines is 1. The quantitative estimate of drug-likeness (QED) is 0.860. The van der Waals surface area contributed by atoms with Gasteiger partial charge in [-0.2, -0.15) is 0 Å². The number of hydrogen-bond donors (Lipinski definition) is 1. The van der Waals surface area contributed by atoms with Crippen LogP contribution >= 0.6 is 0 Å². The average molecular weight is 279 g/mol. The summed E-state index contributed by atoms with van der Waals surface area (Å²) in [5, 5.41) is 0. The summed E-state index contributed by atoms with van der Waals surface area (Å²) in [7, 11) is 1.35. The van der Waals surface area contributed by atoms with E-state index in [1.165, 1.54) is 7.11 Å². The molecule has 1 aliphatic carbocycles. The summed E-state index contributed by atoms with van der Waals surface area (Å²) >= 11 is 0. The molecule has 5 nitrogen and oxygen atoms in total. The molecule has 1 saturated carbocycles. The van der Waals surface area contributed by atoms with Gasteiger partial charge in [0.15, 0.2) is 5.69 Å². The van der Waals surface area contributed by atoms with E-state index < -0.39 is 5.97 Å². The third kappa shape index (κ3) is 1.91. The van der Waals surface area contributed by atoms with Crippen molar-refractivity contribution in [3.63, 3.8) is 0 Å². The topological polar surface area (TPSA) is 70.1 Å². The fourth-order valence-electron chi connectivity index (χ4n) is 3.21. The SMILES string of the molecule is CCc1nc(C(=O)OC)c(N)n1CC1C(C)(C)C1(C)C. The maximum Gasteiger partial charge on any atom is 0.360 e. The van der Waals surface area contributed by atoms with Crippen LogP contribution < -0.4 is 5.73 Å². The maximum absolute atomic E-state index is 11.7. The molecule has 1 aromatic rings. The first-order valence-corrected chi connectivity index (χ1v) is 7.11. The summed E-state index contributed by atoms with van der Waals surface area (Å²) in [4.78, 5) is 16.0. The molecule has 0 aliphatic heterocycles. The van der Waals surface area contributed by atoms with E-state index in [1.807, 2.05) is 11.5 Å². The lowest BCUT2D eigenvalue weighted by Crippen LogP contribution is -2.12. The van der Waals surface area contributed by atoms with Crippen molar-refractivity contribution in [2.45, 2.75) is 47.6 Å². The van der Waals surface area contributed by atoms with E-state index in [-0.39, 0.29) is 16.5 Å². The standard InChI is InChI=1S/C15H25N3O2/c1-7-10-17-11(13(19)20-6)12(16)18(10)8-9-14(2,3)15(9,4)5/h9H,7-8,16H2,1-6H3. The van der Waals surface area contributed by atoms with Crippen molar-refractivity contribution < 1.29 is 9.53 Å². The van der Waals surface area contributed by atoms with Crippen molar-refractivity contribution in [3.8, 4) is 0 Å². The predicted octanol–water partition coefficient (Wildman–Crippen LogP) is 2.50. The number of imidazole rings is 1. The van der Waals surface area contributed by atoms with Crippen LogP contribution in [-0.2, 0) is 17.7 Å². The largest absolute Gasteiger partial charge is 0.464 e. The molecule has 5 heteroatoms. The van der Waals surface area contributed by atoms with Crippen LogP contribution in [0.1, 0.15) is 50.9 Å². The molecule has 2 N–H and O–H groups in total. The van der Waals surface area contributed by atoms with Crippen molar-refractivity contribution in [1.29, 1.82) is 0 Å².